The molecule has 3 aliphatic rings. The molecule has 19 heavy (non-hydrogen) atoms. The van der Waals surface area contributed by atoms with Crippen LogP contribution in [0.25, 0.3) is 10.9 Å². The smallest absolute Gasteiger partial charge is 0.127 e. The van der Waals surface area contributed by atoms with Crippen molar-refractivity contribution in [3.05, 3.63) is 30.0 Å². The molecule has 1 aromatic carbocycles. The molecule has 4 heterocycles. The van der Waals surface area contributed by atoms with Crippen molar-refractivity contribution < 1.29 is 4.74 Å². The lowest BCUT2D eigenvalue weighted by atomic mass is 9.82. The van der Waals surface area contributed by atoms with Gasteiger partial charge in [0.05, 0.1) is 24.4 Å². The summed E-state index contributed by atoms with van der Waals surface area (Å²) in [5.74, 6) is 0.645. The maximum atomic E-state index is 6.35. The highest BCUT2D eigenvalue weighted by atomic mass is 16.5. The van der Waals surface area contributed by atoms with Gasteiger partial charge in [-0.1, -0.05) is 18.2 Å². The first-order valence-electron chi connectivity index (χ1n) is 7.19. The van der Waals surface area contributed by atoms with Crippen LogP contribution < -0.4 is 0 Å². The number of fused-ring (bicyclic) bond motifs is 7. The Bertz CT molecular complexity index is 664. The van der Waals surface area contributed by atoms with E-state index in [1.165, 1.54) is 30.6 Å². The van der Waals surface area contributed by atoms with Gasteiger partial charge in [0.1, 0.15) is 5.60 Å². The van der Waals surface area contributed by atoms with Crippen LogP contribution in [0.2, 0.25) is 0 Å². The van der Waals surface area contributed by atoms with Gasteiger partial charge in [0.25, 0.3) is 0 Å². The van der Waals surface area contributed by atoms with Crippen molar-refractivity contribution in [3.63, 3.8) is 0 Å². The quantitative estimate of drug-likeness (QED) is 0.716. The second kappa shape index (κ2) is 3.38. The number of piperidine rings is 1. The molecule has 2 fully saturated rings. The number of hydrogen-bond acceptors (Lipinski definition) is 3. The molecular formula is C15H17N3O. The lowest BCUT2D eigenvalue weighted by molar-refractivity contribution is -0.107. The second-order valence-electron chi connectivity index (χ2n) is 6.05. The molecule has 3 unspecified atom stereocenters. The molecule has 0 radical (unpaired) electrons. The van der Waals surface area contributed by atoms with Gasteiger partial charge < -0.3 is 4.74 Å². The molecule has 4 nitrogen and oxygen atoms in total. The van der Waals surface area contributed by atoms with Gasteiger partial charge in [-0.3, -0.25) is 9.58 Å². The number of nitrogens with zero attached hydrogens (tertiary/aromatic N) is 3. The van der Waals surface area contributed by atoms with E-state index in [2.05, 4.69) is 33.8 Å². The fraction of sp³-hybridized carbons (Fsp3) is 0.533. The van der Waals surface area contributed by atoms with E-state index in [0.717, 1.165) is 25.2 Å². The molecule has 2 saturated heterocycles. The molecule has 5 rings (SSSR count). The van der Waals surface area contributed by atoms with E-state index in [-0.39, 0.29) is 5.60 Å². The second-order valence-corrected chi connectivity index (χ2v) is 6.05. The van der Waals surface area contributed by atoms with E-state index in [1.807, 2.05) is 0 Å². The largest absolute Gasteiger partial charge is 0.365 e. The van der Waals surface area contributed by atoms with Gasteiger partial charge in [-0.05, 0) is 19.0 Å². The van der Waals surface area contributed by atoms with Crippen molar-refractivity contribution in [3.8, 4) is 0 Å². The van der Waals surface area contributed by atoms with Gasteiger partial charge in [-0.2, -0.15) is 5.10 Å². The third kappa shape index (κ3) is 1.19. The maximum absolute atomic E-state index is 6.35. The minimum absolute atomic E-state index is 0.0907. The number of benzene rings is 1. The molecule has 1 spiro atoms. The van der Waals surface area contributed by atoms with E-state index < -0.39 is 0 Å². The van der Waals surface area contributed by atoms with E-state index in [1.54, 1.807) is 0 Å². The van der Waals surface area contributed by atoms with Crippen LogP contribution in [0.1, 0.15) is 12.1 Å². The summed E-state index contributed by atoms with van der Waals surface area (Å²) in [6, 6.07) is 8.49. The van der Waals surface area contributed by atoms with Crippen LogP contribution in [-0.2, 0) is 16.9 Å². The zero-order valence-corrected chi connectivity index (χ0v) is 10.9. The topological polar surface area (TPSA) is 30.3 Å². The summed E-state index contributed by atoms with van der Waals surface area (Å²) in [7, 11) is 0. The number of hydrogen-bond donors (Lipinski definition) is 0. The zero-order valence-electron chi connectivity index (χ0n) is 10.9. The molecule has 0 amide bonds. The van der Waals surface area contributed by atoms with Crippen molar-refractivity contribution in [1.82, 2.24) is 14.7 Å². The van der Waals surface area contributed by atoms with Crippen LogP contribution in [0, 0.1) is 5.92 Å². The molecule has 1 aromatic heterocycles. The highest BCUT2D eigenvalue weighted by molar-refractivity contribution is 5.82. The van der Waals surface area contributed by atoms with Gasteiger partial charge in [-0.15, -0.1) is 0 Å². The minimum Gasteiger partial charge on any atom is -0.365 e. The summed E-state index contributed by atoms with van der Waals surface area (Å²) in [6.07, 6.45) is 1.26. The molecule has 2 bridgehead atoms. The molecule has 3 aliphatic heterocycles. The maximum Gasteiger partial charge on any atom is 0.127 e. The Kier molecular flexibility index (Phi) is 1.85. The zero-order chi connectivity index (χ0) is 12.4. The van der Waals surface area contributed by atoms with E-state index in [9.17, 15) is 0 Å². The average molecular weight is 255 g/mol. The Morgan fingerprint density at radius 1 is 1.26 bits per heavy atom. The highest BCUT2D eigenvalue weighted by Crippen LogP contribution is 2.49. The molecule has 0 saturated carbocycles. The Hall–Kier alpha value is -1.39. The average Bonchev–Trinajstić information content (AvgIpc) is 3.10. The predicted molar refractivity (Wildman–Crippen MR) is 71.9 cm³/mol. The summed E-state index contributed by atoms with van der Waals surface area (Å²) < 4.78 is 8.56. The Morgan fingerprint density at radius 2 is 2.21 bits per heavy atom. The van der Waals surface area contributed by atoms with Gasteiger partial charge in [-0.25, -0.2) is 0 Å². The third-order valence-corrected chi connectivity index (χ3v) is 5.10. The van der Waals surface area contributed by atoms with Crippen molar-refractivity contribution in [2.24, 2.45) is 5.92 Å². The van der Waals surface area contributed by atoms with E-state index in [4.69, 9.17) is 9.84 Å². The monoisotopic (exact) mass is 255 g/mol. The van der Waals surface area contributed by atoms with Gasteiger partial charge >= 0.3 is 0 Å². The third-order valence-electron chi connectivity index (χ3n) is 5.10. The van der Waals surface area contributed by atoms with Gasteiger partial charge in [0.2, 0.25) is 0 Å². The van der Waals surface area contributed by atoms with Crippen molar-refractivity contribution in [2.45, 2.75) is 18.6 Å². The van der Waals surface area contributed by atoms with Crippen molar-refractivity contribution >= 4 is 10.9 Å². The summed E-state index contributed by atoms with van der Waals surface area (Å²) in [6.45, 7) is 5.17. The van der Waals surface area contributed by atoms with Crippen LogP contribution in [0.3, 0.4) is 0 Å². The van der Waals surface area contributed by atoms with Crippen LogP contribution in [-0.4, -0.2) is 40.9 Å². The molecule has 0 aliphatic carbocycles. The minimum atomic E-state index is -0.0907. The Morgan fingerprint density at radius 3 is 3.05 bits per heavy atom. The number of rotatable bonds is 0. The summed E-state index contributed by atoms with van der Waals surface area (Å²) in [5, 5.41) is 6.06. The molecule has 3 atom stereocenters. The lowest BCUT2D eigenvalue weighted by Gasteiger charge is -2.40. The normalized spacial score (nSPS) is 36.2. The molecule has 4 heteroatoms. The fourth-order valence-electron chi connectivity index (χ4n) is 4.32. The highest BCUT2D eigenvalue weighted by Gasteiger charge is 2.55. The van der Waals surface area contributed by atoms with Crippen LogP contribution in [0.4, 0.5) is 0 Å². The van der Waals surface area contributed by atoms with Crippen molar-refractivity contribution in [1.29, 1.82) is 0 Å². The first-order valence-corrected chi connectivity index (χ1v) is 7.19. The fourth-order valence-corrected chi connectivity index (χ4v) is 4.32. The predicted octanol–water partition coefficient (Wildman–Crippen LogP) is 1.60. The molecule has 0 N–H and O–H groups in total. The van der Waals surface area contributed by atoms with E-state index in [0.29, 0.717) is 5.92 Å². The number of ether oxygens (including phenoxy) is 1. The number of aromatic nitrogens is 2. The van der Waals surface area contributed by atoms with Crippen LogP contribution in [0.5, 0.6) is 0 Å². The lowest BCUT2D eigenvalue weighted by Crippen LogP contribution is -2.47. The van der Waals surface area contributed by atoms with Gasteiger partial charge in [0.15, 0.2) is 0 Å². The standard InChI is InChI=1S/C15H17N3O/c1-2-4-13-12(3-1)14-15(19-8-7-18(14)16-13)10-17-6-5-11(15)9-17/h1-4,11H,5-10H2. The summed E-state index contributed by atoms with van der Waals surface area (Å²) in [5.41, 5.74) is 2.36. The van der Waals surface area contributed by atoms with E-state index >= 15 is 0 Å². The first kappa shape index (κ1) is 10.4. The first-order chi connectivity index (χ1) is 9.37. The SMILES string of the molecule is c1ccc2c3n(nc2c1)CCOC31CN2CCC1C2. The van der Waals surface area contributed by atoms with Crippen LogP contribution in [0.15, 0.2) is 24.3 Å². The molecule has 98 valence electrons. The van der Waals surface area contributed by atoms with Crippen LogP contribution >= 0.6 is 0 Å². The van der Waals surface area contributed by atoms with Crippen molar-refractivity contribution in [2.75, 3.05) is 26.2 Å². The summed E-state index contributed by atoms with van der Waals surface area (Å²) in [4.78, 5) is 2.54. The Labute approximate surface area is 111 Å². The summed E-state index contributed by atoms with van der Waals surface area (Å²) >= 11 is 0. The molecular weight excluding hydrogens is 238 g/mol. The van der Waals surface area contributed by atoms with Gasteiger partial charge in [0, 0.05) is 24.4 Å². The molecule has 2 aromatic rings. The Balaban J connectivity index is 1.80.